The van der Waals surface area contributed by atoms with E-state index in [1.807, 2.05) is 30.0 Å². The van der Waals surface area contributed by atoms with Crippen LogP contribution in [0.4, 0.5) is 5.69 Å². The quantitative estimate of drug-likeness (QED) is 0.718. The van der Waals surface area contributed by atoms with Gasteiger partial charge in [-0.25, -0.2) is 0 Å². The monoisotopic (exact) mass is 192 g/mol. The molecule has 2 rings (SSSR count). The maximum atomic E-state index is 5.69. The van der Waals surface area contributed by atoms with Crippen molar-refractivity contribution in [1.82, 2.24) is 4.98 Å². The van der Waals surface area contributed by atoms with Crippen LogP contribution in [0.2, 0.25) is 0 Å². The summed E-state index contributed by atoms with van der Waals surface area (Å²) in [5.74, 6) is 1.02. The van der Waals surface area contributed by atoms with Crippen molar-refractivity contribution < 1.29 is 0 Å². The number of hydrogen-bond donors (Lipinski definition) is 2. The Balaban J connectivity index is 2.49. The standard InChI is InChI=1S/C10H12N2S/c1-13-6-9-5-7-4-8(11)2-3-10(7)12-9/h2-5,12H,6,11H2,1H3. The molecular formula is C10H12N2S. The highest BCUT2D eigenvalue weighted by molar-refractivity contribution is 7.97. The number of nitrogens with two attached hydrogens (primary N) is 1. The number of rotatable bonds is 2. The molecular weight excluding hydrogens is 180 g/mol. The first-order chi connectivity index (χ1) is 6.29. The zero-order valence-electron chi connectivity index (χ0n) is 7.50. The summed E-state index contributed by atoms with van der Waals surface area (Å²) in [7, 11) is 0. The van der Waals surface area contributed by atoms with Crippen molar-refractivity contribution in [2.75, 3.05) is 12.0 Å². The number of hydrogen-bond acceptors (Lipinski definition) is 2. The smallest absolute Gasteiger partial charge is 0.0457 e. The number of thioether (sulfide) groups is 1. The van der Waals surface area contributed by atoms with E-state index in [1.54, 1.807) is 0 Å². The number of anilines is 1. The van der Waals surface area contributed by atoms with E-state index in [0.29, 0.717) is 0 Å². The molecule has 2 aromatic rings. The number of benzene rings is 1. The third-order valence-corrected chi connectivity index (χ3v) is 2.60. The summed E-state index contributed by atoms with van der Waals surface area (Å²) in [5, 5.41) is 1.20. The zero-order chi connectivity index (χ0) is 9.26. The maximum Gasteiger partial charge on any atom is 0.0457 e. The number of aromatic amines is 1. The van der Waals surface area contributed by atoms with E-state index in [9.17, 15) is 0 Å². The van der Waals surface area contributed by atoms with Crippen molar-refractivity contribution in [3.63, 3.8) is 0 Å². The molecule has 0 unspecified atom stereocenters. The van der Waals surface area contributed by atoms with Gasteiger partial charge in [0.1, 0.15) is 0 Å². The van der Waals surface area contributed by atoms with Gasteiger partial charge in [-0.15, -0.1) is 0 Å². The Hall–Kier alpha value is -1.09. The molecule has 2 nitrogen and oxygen atoms in total. The van der Waals surface area contributed by atoms with Gasteiger partial charge < -0.3 is 10.7 Å². The Morgan fingerprint density at radius 1 is 1.38 bits per heavy atom. The lowest BCUT2D eigenvalue weighted by Crippen LogP contribution is -1.81. The molecule has 0 bridgehead atoms. The minimum Gasteiger partial charge on any atom is -0.399 e. The molecule has 0 fully saturated rings. The third kappa shape index (κ3) is 1.65. The van der Waals surface area contributed by atoms with Gasteiger partial charge in [0.05, 0.1) is 0 Å². The van der Waals surface area contributed by atoms with E-state index in [2.05, 4.69) is 17.3 Å². The second-order valence-electron chi connectivity index (χ2n) is 3.07. The summed E-state index contributed by atoms with van der Waals surface area (Å²) in [4.78, 5) is 3.35. The second kappa shape index (κ2) is 3.34. The van der Waals surface area contributed by atoms with Crippen LogP contribution >= 0.6 is 11.8 Å². The molecule has 1 aromatic heterocycles. The van der Waals surface area contributed by atoms with Crippen LogP contribution in [0.5, 0.6) is 0 Å². The molecule has 1 aromatic carbocycles. The first kappa shape index (κ1) is 8.51. The summed E-state index contributed by atoms with van der Waals surface area (Å²) in [5.41, 5.74) is 8.93. The fourth-order valence-corrected chi connectivity index (χ4v) is 1.91. The molecule has 0 aliphatic heterocycles. The van der Waals surface area contributed by atoms with Gasteiger partial charge in [0.2, 0.25) is 0 Å². The van der Waals surface area contributed by atoms with Crippen molar-refractivity contribution in [2.45, 2.75) is 5.75 Å². The average molecular weight is 192 g/mol. The summed E-state index contributed by atoms with van der Waals surface area (Å²) in [6, 6.07) is 8.09. The highest BCUT2D eigenvalue weighted by atomic mass is 32.2. The van der Waals surface area contributed by atoms with Crippen molar-refractivity contribution in [3.05, 3.63) is 30.0 Å². The Bertz CT molecular complexity index is 420. The molecule has 13 heavy (non-hydrogen) atoms. The predicted molar refractivity (Wildman–Crippen MR) is 59.9 cm³/mol. The summed E-state index contributed by atoms with van der Waals surface area (Å²) < 4.78 is 0. The molecule has 0 aliphatic carbocycles. The molecule has 0 amide bonds. The predicted octanol–water partition coefficient (Wildman–Crippen LogP) is 2.61. The minimum absolute atomic E-state index is 0.821. The molecule has 1 heterocycles. The molecule has 0 spiro atoms. The molecule has 3 heteroatoms. The first-order valence-electron chi connectivity index (χ1n) is 4.15. The van der Waals surface area contributed by atoms with Gasteiger partial charge in [-0.1, -0.05) is 0 Å². The van der Waals surface area contributed by atoms with Gasteiger partial charge in [0, 0.05) is 28.0 Å². The lowest BCUT2D eigenvalue weighted by atomic mass is 10.2. The van der Waals surface area contributed by atoms with E-state index in [1.165, 1.54) is 16.6 Å². The maximum absolute atomic E-state index is 5.69. The highest BCUT2D eigenvalue weighted by Crippen LogP contribution is 2.20. The largest absolute Gasteiger partial charge is 0.399 e. The number of aromatic nitrogens is 1. The van der Waals surface area contributed by atoms with E-state index in [4.69, 9.17) is 5.73 Å². The lowest BCUT2D eigenvalue weighted by Gasteiger charge is -1.91. The van der Waals surface area contributed by atoms with Gasteiger partial charge in [-0.05, 0) is 30.5 Å². The molecule has 0 radical (unpaired) electrons. The molecule has 68 valence electrons. The Morgan fingerprint density at radius 3 is 3.00 bits per heavy atom. The molecule has 0 atom stereocenters. The number of nitrogens with one attached hydrogen (secondary N) is 1. The lowest BCUT2D eigenvalue weighted by molar-refractivity contribution is 1.27. The van der Waals surface area contributed by atoms with Crippen LogP contribution in [0.25, 0.3) is 10.9 Å². The topological polar surface area (TPSA) is 41.8 Å². The Kier molecular flexibility index (Phi) is 2.19. The van der Waals surface area contributed by atoms with E-state index >= 15 is 0 Å². The first-order valence-corrected chi connectivity index (χ1v) is 5.55. The summed E-state index contributed by atoms with van der Waals surface area (Å²) >= 11 is 1.81. The van der Waals surface area contributed by atoms with Gasteiger partial charge in [0.25, 0.3) is 0 Å². The Labute approximate surface area is 81.5 Å². The number of nitrogen functional groups attached to an aromatic ring is 1. The average Bonchev–Trinajstić information content (AvgIpc) is 2.46. The van der Waals surface area contributed by atoms with Gasteiger partial charge in [-0.2, -0.15) is 11.8 Å². The van der Waals surface area contributed by atoms with Crippen LogP contribution in [-0.4, -0.2) is 11.2 Å². The molecule has 0 aliphatic rings. The van der Waals surface area contributed by atoms with E-state index in [0.717, 1.165) is 11.4 Å². The zero-order valence-corrected chi connectivity index (χ0v) is 8.32. The van der Waals surface area contributed by atoms with Gasteiger partial charge in [0.15, 0.2) is 0 Å². The number of fused-ring (bicyclic) bond motifs is 1. The fourth-order valence-electron chi connectivity index (χ4n) is 1.44. The second-order valence-corrected chi connectivity index (χ2v) is 3.94. The van der Waals surface area contributed by atoms with Crippen LogP contribution < -0.4 is 5.73 Å². The normalized spacial score (nSPS) is 10.8. The molecule has 3 N–H and O–H groups in total. The van der Waals surface area contributed by atoms with E-state index < -0.39 is 0 Å². The van der Waals surface area contributed by atoms with Crippen molar-refractivity contribution in [3.8, 4) is 0 Å². The van der Waals surface area contributed by atoms with Crippen LogP contribution in [-0.2, 0) is 5.75 Å². The minimum atomic E-state index is 0.821. The van der Waals surface area contributed by atoms with Crippen LogP contribution in [0.1, 0.15) is 5.69 Å². The summed E-state index contributed by atoms with van der Waals surface area (Å²) in [6.07, 6.45) is 2.10. The Morgan fingerprint density at radius 2 is 2.23 bits per heavy atom. The molecule has 0 saturated carbocycles. The molecule has 0 saturated heterocycles. The van der Waals surface area contributed by atoms with Crippen molar-refractivity contribution >= 4 is 28.4 Å². The van der Waals surface area contributed by atoms with E-state index in [-0.39, 0.29) is 0 Å². The SMILES string of the molecule is CSCc1cc2cc(N)ccc2[nH]1. The van der Waals surface area contributed by atoms with Crippen molar-refractivity contribution in [2.24, 2.45) is 0 Å². The third-order valence-electron chi connectivity index (χ3n) is 2.00. The fraction of sp³-hybridized carbons (Fsp3) is 0.200. The van der Waals surface area contributed by atoms with Gasteiger partial charge >= 0.3 is 0 Å². The summed E-state index contributed by atoms with van der Waals surface area (Å²) in [6.45, 7) is 0. The van der Waals surface area contributed by atoms with Crippen LogP contribution in [0, 0.1) is 0 Å². The highest BCUT2D eigenvalue weighted by Gasteiger charge is 1.99. The van der Waals surface area contributed by atoms with Crippen molar-refractivity contribution in [1.29, 1.82) is 0 Å². The number of H-pyrrole nitrogens is 1. The van der Waals surface area contributed by atoms with Crippen LogP contribution in [0.3, 0.4) is 0 Å². The van der Waals surface area contributed by atoms with Crippen LogP contribution in [0.15, 0.2) is 24.3 Å². The van der Waals surface area contributed by atoms with Gasteiger partial charge in [-0.3, -0.25) is 0 Å².